The maximum atomic E-state index is 13.4. The Morgan fingerprint density at radius 3 is 2.47 bits per heavy atom. The van der Waals surface area contributed by atoms with Gasteiger partial charge in [0.2, 0.25) is 0 Å². The molecule has 1 atom stereocenters. The van der Waals surface area contributed by atoms with E-state index in [-0.39, 0.29) is 12.2 Å². The van der Waals surface area contributed by atoms with Crippen molar-refractivity contribution in [2.75, 3.05) is 13.2 Å². The average molecular weight is 214 g/mol. The molecule has 2 rings (SSSR count). The number of hydrogen-bond acceptors (Lipinski definition) is 2. The number of aliphatic hydroxyl groups is 1. The van der Waals surface area contributed by atoms with Gasteiger partial charge < -0.3 is 9.84 Å². The van der Waals surface area contributed by atoms with E-state index >= 15 is 0 Å². The molecule has 0 bridgehead atoms. The summed E-state index contributed by atoms with van der Waals surface area (Å²) in [5.74, 6) is -1.44. The largest absolute Gasteiger partial charge is 0.383 e. The SMILES string of the molecule is OC1(c2c(F)cccc2F)CCCOC1. The Hall–Kier alpha value is -1.00. The summed E-state index contributed by atoms with van der Waals surface area (Å²) in [5.41, 5.74) is -1.79. The van der Waals surface area contributed by atoms with Gasteiger partial charge in [0.15, 0.2) is 0 Å². The van der Waals surface area contributed by atoms with Crippen LogP contribution in [0.1, 0.15) is 18.4 Å². The minimum atomic E-state index is -1.52. The fraction of sp³-hybridized carbons (Fsp3) is 0.455. The lowest BCUT2D eigenvalue weighted by atomic mass is 9.88. The fourth-order valence-corrected chi connectivity index (χ4v) is 1.92. The van der Waals surface area contributed by atoms with Gasteiger partial charge in [-0.15, -0.1) is 0 Å². The lowest BCUT2D eigenvalue weighted by Gasteiger charge is -2.32. The van der Waals surface area contributed by atoms with Crippen LogP contribution in [-0.2, 0) is 10.3 Å². The Labute approximate surface area is 86.5 Å². The van der Waals surface area contributed by atoms with E-state index in [1.54, 1.807) is 0 Å². The van der Waals surface area contributed by atoms with Gasteiger partial charge >= 0.3 is 0 Å². The highest BCUT2D eigenvalue weighted by Crippen LogP contribution is 2.33. The molecule has 1 saturated heterocycles. The zero-order valence-corrected chi connectivity index (χ0v) is 8.17. The molecule has 1 N–H and O–H groups in total. The third kappa shape index (κ3) is 1.87. The first kappa shape index (κ1) is 10.5. The predicted molar refractivity (Wildman–Crippen MR) is 50.3 cm³/mol. The van der Waals surface area contributed by atoms with Gasteiger partial charge in [-0.3, -0.25) is 0 Å². The summed E-state index contributed by atoms with van der Waals surface area (Å²) >= 11 is 0. The summed E-state index contributed by atoms with van der Waals surface area (Å²) < 4.78 is 31.9. The van der Waals surface area contributed by atoms with Crippen molar-refractivity contribution >= 4 is 0 Å². The van der Waals surface area contributed by atoms with Crippen molar-refractivity contribution in [2.45, 2.75) is 18.4 Å². The van der Waals surface area contributed by atoms with Crippen LogP contribution in [0.5, 0.6) is 0 Å². The van der Waals surface area contributed by atoms with Crippen molar-refractivity contribution in [3.63, 3.8) is 0 Å². The van der Waals surface area contributed by atoms with Gasteiger partial charge in [-0.1, -0.05) is 6.07 Å². The van der Waals surface area contributed by atoms with Gasteiger partial charge in [-0.05, 0) is 25.0 Å². The number of rotatable bonds is 1. The monoisotopic (exact) mass is 214 g/mol. The highest BCUT2D eigenvalue weighted by atomic mass is 19.1. The Balaban J connectivity index is 2.42. The highest BCUT2D eigenvalue weighted by molar-refractivity contribution is 5.26. The first-order valence-corrected chi connectivity index (χ1v) is 4.88. The third-order valence-electron chi connectivity index (χ3n) is 2.65. The van der Waals surface area contributed by atoms with Crippen LogP contribution in [0.4, 0.5) is 8.78 Å². The maximum Gasteiger partial charge on any atom is 0.132 e. The molecule has 1 aliphatic rings. The molecule has 15 heavy (non-hydrogen) atoms. The van der Waals surface area contributed by atoms with Gasteiger partial charge in [0, 0.05) is 6.61 Å². The second-order valence-corrected chi connectivity index (χ2v) is 3.78. The molecule has 1 fully saturated rings. The summed E-state index contributed by atoms with van der Waals surface area (Å²) in [6, 6.07) is 3.57. The molecule has 2 nitrogen and oxygen atoms in total. The van der Waals surface area contributed by atoms with E-state index in [1.165, 1.54) is 6.07 Å². The smallest absolute Gasteiger partial charge is 0.132 e. The van der Waals surface area contributed by atoms with E-state index in [9.17, 15) is 13.9 Å². The van der Waals surface area contributed by atoms with E-state index in [1.807, 2.05) is 0 Å². The van der Waals surface area contributed by atoms with Crippen molar-refractivity contribution in [2.24, 2.45) is 0 Å². The van der Waals surface area contributed by atoms with Crippen LogP contribution in [0.15, 0.2) is 18.2 Å². The van der Waals surface area contributed by atoms with E-state index in [4.69, 9.17) is 4.74 Å². The Morgan fingerprint density at radius 1 is 1.27 bits per heavy atom. The second-order valence-electron chi connectivity index (χ2n) is 3.78. The van der Waals surface area contributed by atoms with Gasteiger partial charge in [-0.25, -0.2) is 8.78 Å². The van der Waals surface area contributed by atoms with Crippen LogP contribution < -0.4 is 0 Å². The molecule has 0 aliphatic carbocycles. The summed E-state index contributed by atoms with van der Waals surface area (Å²) in [5, 5.41) is 10.1. The van der Waals surface area contributed by atoms with Crippen molar-refractivity contribution in [3.05, 3.63) is 35.4 Å². The van der Waals surface area contributed by atoms with E-state index in [0.717, 1.165) is 12.1 Å². The highest BCUT2D eigenvalue weighted by Gasteiger charge is 2.36. The maximum absolute atomic E-state index is 13.4. The molecular weight excluding hydrogens is 202 g/mol. The average Bonchev–Trinajstić information content (AvgIpc) is 2.18. The van der Waals surface area contributed by atoms with E-state index < -0.39 is 17.2 Å². The van der Waals surface area contributed by atoms with Gasteiger partial charge in [-0.2, -0.15) is 0 Å². The molecule has 0 radical (unpaired) electrons. The van der Waals surface area contributed by atoms with Crippen LogP contribution >= 0.6 is 0 Å². The van der Waals surface area contributed by atoms with Crippen LogP contribution in [0.3, 0.4) is 0 Å². The van der Waals surface area contributed by atoms with Crippen molar-refractivity contribution in [3.8, 4) is 0 Å². The fourth-order valence-electron chi connectivity index (χ4n) is 1.92. The number of benzene rings is 1. The Bertz CT molecular complexity index is 339. The van der Waals surface area contributed by atoms with Gasteiger partial charge in [0.25, 0.3) is 0 Å². The first-order valence-electron chi connectivity index (χ1n) is 4.88. The predicted octanol–water partition coefficient (Wildman–Crippen LogP) is 1.96. The van der Waals surface area contributed by atoms with E-state index in [0.29, 0.717) is 19.4 Å². The van der Waals surface area contributed by atoms with Crippen molar-refractivity contribution in [1.82, 2.24) is 0 Å². The normalized spacial score (nSPS) is 26.6. The lowest BCUT2D eigenvalue weighted by Crippen LogP contribution is -2.37. The standard InChI is InChI=1S/C11H12F2O2/c12-8-3-1-4-9(13)10(8)11(14)5-2-6-15-7-11/h1,3-4,14H,2,5-7H2. The van der Waals surface area contributed by atoms with Crippen molar-refractivity contribution < 1.29 is 18.6 Å². The molecule has 0 spiro atoms. The van der Waals surface area contributed by atoms with Crippen LogP contribution in [0, 0.1) is 11.6 Å². The zero-order valence-electron chi connectivity index (χ0n) is 8.17. The minimum absolute atomic E-state index is 0.0507. The quantitative estimate of drug-likeness (QED) is 0.774. The van der Waals surface area contributed by atoms with Gasteiger partial charge in [0.05, 0.1) is 12.2 Å². The summed E-state index contributed by atoms with van der Waals surface area (Å²) in [7, 11) is 0. The van der Waals surface area contributed by atoms with Crippen LogP contribution in [-0.4, -0.2) is 18.3 Å². The van der Waals surface area contributed by atoms with Crippen LogP contribution in [0.2, 0.25) is 0 Å². The first-order chi connectivity index (χ1) is 7.13. The molecule has 1 unspecified atom stereocenters. The molecule has 4 heteroatoms. The molecule has 1 heterocycles. The van der Waals surface area contributed by atoms with E-state index in [2.05, 4.69) is 0 Å². The third-order valence-corrected chi connectivity index (χ3v) is 2.65. The Kier molecular flexibility index (Phi) is 2.71. The molecule has 1 aliphatic heterocycles. The zero-order chi connectivity index (χ0) is 10.9. The van der Waals surface area contributed by atoms with Crippen molar-refractivity contribution in [1.29, 1.82) is 0 Å². The number of halogens is 2. The number of ether oxygens (including phenoxy) is 1. The number of hydrogen-bond donors (Lipinski definition) is 1. The van der Waals surface area contributed by atoms with Gasteiger partial charge in [0.1, 0.15) is 17.2 Å². The van der Waals surface area contributed by atoms with Crippen LogP contribution in [0.25, 0.3) is 0 Å². The molecule has 0 saturated carbocycles. The summed E-state index contributed by atoms with van der Waals surface area (Å²) in [6.07, 6.45) is 0.926. The topological polar surface area (TPSA) is 29.5 Å². The Morgan fingerprint density at radius 2 is 1.93 bits per heavy atom. The summed E-state index contributed by atoms with van der Waals surface area (Å²) in [4.78, 5) is 0. The molecule has 1 aromatic rings. The molecular formula is C11H12F2O2. The minimum Gasteiger partial charge on any atom is -0.383 e. The second kappa shape index (κ2) is 3.87. The molecule has 0 amide bonds. The lowest BCUT2D eigenvalue weighted by molar-refractivity contribution is -0.0939. The molecule has 0 aromatic heterocycles. The molecule has 1 aromatic carbocycles. The molecule has 82 valence electrons. The summed E-state index contributed by atoms with van der Waals surface area (Å²) in [6.45, 7) is 0.475.